The van der Waals surface area contributed by atoms with Gasteiger partial charge in [-0.1, -0.05) is 54.1 Å². The van der Waals surface area contributed by atoms with E-state index in [4.69, 9.17) is 17.3 Å². The Labute approximate surface area is 124 Å². The Morgan fingerprint density at radius 1 is 1.10 bits per heavy atom. The standard InChI is InChI=1S/C16H19ClN2O/c1-19(14-10-6-5-9-13(14)17)16(15(20)11-18)12-7-3-2-4-8-12/h2-10,15-16,20H,11,18H2,1H3/t15-,16+/m0/s1. The van der Waals surface area contributed by atoms with Crippen molar-refractivity contribution in [2.24, 2.45) is 5.73 Å². The molecule has 2 atom stereocenters. The summed E-state index contributed by atoms with van der Waals surface area (Å²) in [5, 5.41) is 10.9. The number of hydrogen-bond acceptors (Lipinski definition) is 3. The molecule has 0 bridgehead atoms. The monoisotopic (exact) mass is 290 g/mol. The number of aliphatic hydroxyl groups is 1. The number of nitrogens with zero attached hydrogens (tertiary/aromatic N) is 1. The predicted molar refractivity (Wildman–Crippen MR) is 84.1 cm³/mol. The van der Waals surface area contributed by atoms with E-state index in [-0.39, 0.29) is 12.6 Å². The number of halogens is 1. The minimum absolute atomic E-state index is 0.189. The van der Waals surface area contributed by atoms with Gasteiger partial charge in [-0.3, -0.25) is 0 Å². The molecule has 0 aliphatic carbocycles. The molecule has 0 aromatic heterocycles. The summed E-state index contributed by atoms with van der Waals surface area (Å²) < 4.78 is 0. The minimum atomic E-state index is -0.668. The molecular weight excluding hydrogens is 272 g/mol. The molecule has 0 heterocycles. The third kappa shape index (κ3) is 3.12. The van der Waals surface area contributed by atoms with Crippen LogP contribution in [0.2, 0.25) is 5.02 Å². The lowest BCUT2D eigenvalue weighted by Crippen LogP contribution is -2.38. The quantitative estimate of drug-likeness (QED) is 0.890. The Morgan fingerprint density at radius 2 is 1.70 bits per heavy atom. The van der Waals surface area contributed by atoms with Crippen molar-refractivity contribution in [2.45, 2.75) is 12.1 Å². The van der Waals surface area contributed by atoms with E-state index in [0.29, 0.717) is 5.02 Å². The third-order valence-electron chi connectivity index (χ3n) is 3.40. The maximum absolute atomic E-state index is 10.3. The van der Waals surface area contributed by atoms with Crippen LogP contribution in [0.5, 0.6) is 0 Å². The molecular formula is C16H19ClN2O. The van der Waals surface area contributed by atoms with Gasteiger partial charge in [0.05, 0.1) is 22.9 Å². The van der Waals surface area contributed by atoms with Crippen LogP contribution in [-0.2, 0) is 0 Å². The predicted octanol–water partition coefficient (Wildman–Crippen LogP) is 2.84. The summed E-state index contributed by atoms with van der Waals surface area (Å²) in [5.74, 6) is 0. The number of anilines is 1. The first-order valence-corrected chi connectivity index (χ1v) is 6.93. The van der Waals surface area contributed by atoms with Crippen molar-refractivity contribution in [2.75, 3.05) is 18.5 Å². The zero-order chi connectivity index (χ0) is 14.5. The summed E-state index contributed by atoms with van der Waals surface area (Å²) in [5.41, 5.74) is 7.53. The molecule has 0 saturated heterocycles. The first kappa shape index (κ1) is 14.9. The van der Waals surface area contributed by atoms with Crippen molar-refractivity contribution in [3.05, 3.63) is 65.2 Å². The van der Waals surface area contributed by atoms with E-state index in [0.717, 1.165) is 11.3 Å². The van der Waals surface area contributed by atoms with Crippen molar-refractivity contribution in [1.82, 2.24) is 0 Å². The molecule has 4 heteroatoms. The van der Waals surface area contributed by atoms with Crippen molar-refractivity contribution in [3.8, 4) is 0 Å². The van der Waals surface area contributed by atoms with Gasteiger partial charge in [0.15, 0.2) is 0 Å². The highest BCUT2D eigenvalue weighted by Crippen LogP contribution is 2.32. The van der Waals surface area contributed by atoms with Crippen molar-refractivity contribution < 1.29 is 5.11 Å². The molecule has 0 fully saturated rings. The normalized spacial score (nSPS) is 13.8. The SMILES string of the molecule is CN(c1ccccc1Cl)[C@H](c1ccccc1)[C@@H](O)CN. The number of aliphatic hydroxyl groups excluding tert-OH is 1. The van der Waals surface area contributed by atoms with Crippen molar-refractivity contribution in [1.29, 1.82) is 0 Å². The molecule has 106 valence electrons. The summed E-state index contributed by atoms with van der Waals surface area (Å²) in [6, 6.07) is 17.2. The first-order valence-electron chi connectivity index (χ1n) is 6.55. The van der Waals surface area contributed by atoms with Crippen LogP contribution in [0.15, 0.2) is 54.6 Å². The fraction of sp³-hybridized carbons (Fsp3) is 0.250. The van der Waals surface area contributed by atoms with E-state index in [2.05, 4.69) is 0 Å². The average Bonchev–Trinajstić information content (AvgIpc) is 2.48. The maximum Gasteiger partial charge on any atom is 0.0907 e. The Hall–Kier alpha value is -1.55. The number of nitrogens with two attached hydrogens (primary N) is 1. The summed E-state index contributed by atoms with van der Waals surface area (Å²) >= 11 is 6.24. The number of rotatable bonds is 5. The van der Waals surface area contributed by atoms with Gasteiger partial charge >= 0.3 is 0 Å². The lowest BCUT2D eigenvalue weighted by Gasteiger charge is -2.34. The Morgan fingerprint density at radius 3 is 2.30 bits per heavy atom. The van der Waals surface area contributed by atoms with Gasteiger partial charge in [0, 0.05) is 13.6 Å². The zero-order valence-corrected chi connectivity index (χ0v) is 12.2. The van der Waals surface area contributed by atoms with E-state index in [1.807, 2.05) is 66.5 Å². The molecule has 3 nitrogen and oxygen atoms in total. The number of hydrogen-bond donors (Lipinski definition) is 2. The molecule has 0 radical (unpaired) electrons. The second kappa shape index (κ2) is 6.75. The largest absolute Gasteiger partial charge is 0.389 e. The van der Waals surface area contributed by atoms with Crippen molar-refractivity contribution in [3.63, 3.8) is 0 Å². The summed E-state index contributed by atoms with van der Waals surface area (Å²) in [6.45, 7) is 0.189. The molecule has 0 amide bonds. The first-order chi connectivity index (χ1) is 9.65. The van der Waals surface area contributed by atoms with E-state index < -0.39 is 6.10 Å². The fourth-order valence-corrected chi connectivity index (χ4v) is 2.64. The van der Waals surface area contributed by atoms with E-state index >= 15 is 0 Å². The Balaban J connectivity index is 2.40. The van der Waals surface area contributed by atoms with Gasteiger partial charge in [0.2, 0.25) is 0 Å². The van der Waals surface area contributed by atoms with Crippen LogP contribution < -0.4 is 10.6 Å². The van der Waals surface area contributed by atoms with Gasteiger partial charge in [-0.15, -0.1) is 0 Å². The third-order valence-corrected chi connectivity index (χ3v) is 3.72. The van der Waals surface area contributed by atoms with Gasteiger partial charge < -0.3 is 15.7 Å². The maximum atomic E-state index is 10.3. The van der Waals surface area contributed by atoms with Gasteiger partial charge in [0.25, 0.3) is 0 Å². The van der Waals surface area contributed by atoms with Gasteiger partial charge in [0.1, 0.15) is 0 Å². The molecule has 3 N–H and O–H groups in total. The summed E-state index contributed by atoms with van der Waals surface area (Å²) in [6.07, 6.45) is -0.668. The molecule has 20 heavy (non-hydrogen) atoms. The second-order valence-corrected chi connectivity index (χ2v) is 5.13. The molecule has 2 aromatic rings. The van der Waals surface area contributed by atoms with Gasteiger partial charge in [-0.05, 0) is 17.7 Å². The average molecular weight is 291 g/mol. The molecule has 2 rings (SSSR count). The lowest BCUT2D eigenvalue weighted by atomic mass is 9.99. The number of para-hydroxylation sites is 1. The molecule has 0 aliphatic heterocycles. The van der Waals surface area contributed by atoms with Crippen LogP contribution in [0.3, 0.4) is 0 Å². The molecule has 0 unspecified atom stereocenters. The van der Waals surface area contributed by atoms with Crippen LogP contribution in [-0.4, -0.2) is 24.8 Å². The topological polar surface area (TPSA) is 49.5 Å². The van der Waals surface area contributed by atoms with Gasteiger partial charge in [-0.25, -0.2) is 0 Å². The Kier molecular flexibility index (Phi) is 5.01. The van der Waals surface area contributed by atoms with E-state index in [1.165, 1.54) is 0 Å². The smallest absolute Gasteiger partial charge is 0.0907 e. The lowest BCUT2D eigenvalue weighted by molar-refractivity contribution is 0.150. The molecule has 0 aliphatic rings. The highest BCUT2D eigenvalue weighted by atomic mass is 35.5. The van der Waals surface area contributed by atoms with Crippen molar-refractivity contribution >= 4 is 17.3 Å². The Bertz CT molecular complexity index is 547. The zero-order valence-electron chi connectivity index (χ0n) is 11.4. The van der Waals surface area contributed by atoms with Gasteiger partial charge in [-0.2, -0.15) is 0 Å². The van der Waals surface area contributed by atoms with Crippen LogP contribution in [0.1, 0.15) is 11.6 Å². The molecule has 0 saturated carbocycles. The van der Waals surface area contributed by atoms with E-state index in [9.17, 15) is 5.11 Å². The minimum Gasteiger partial charge on any atom is -0.389 e. The number of likely N-dealkylation sites (N-methyl/N-ethyl adjacent to an activating group) is 1. The fourth-order valence-electron chi connectivity index (χ4n) is 2.37. The summed E-state index contributed by atoms with van der Waals surface area (Å²) in [7, 11) is 1.91. The van der Waals surface area contributed by atoms with E-state index in [1.54, 1.807) is 0 Å². The second-order valence-electron chi connectivity index (χ2n) is 4.72. The molecule has 2 aromatic carbocycles. The summed E-state index contributed by atoms with van der Waals surface area (Å²) in [4.78, 5) is 1.97. The molecule has 0 spiro atoms. The number of benzene rings is 2. The highest BCUT2D eigenvalue weighted by Gasteiger charge is 2.25. The van der Waals surface area contributed by atoms with Crippen LogP contribution in [0.4, 0.5) is 5.69 Å². The van der Waals surface area contributed by atoms with Crippen LogP contribution >= 0.6 is 11.6 Å². The highest BCUT2D eigenvalue weighted by molar-refractivity contribution is 6.33. The van der Waals surface area contributed by atoms with Crippen LogP contribution in [0.25, 0.3) is 0 Å². The van der Waals surface area contributed by atoms with Crippen LogP contribution in [0, 0.1) is 0 Å².